The van der Waals surface area contributed by atoms with E-state index in [0.717, 1.165) is 43.0 Å². The maximum absolute atomic E-state index is 13.2. The van der Waals surface area contributed by atoms with Crippen LogP contribution < -0.4 is 0 Å². The van der Waals surface area contributed by atoms with Gasteiger partial charge in [-0.2, -0.15) is 5.10 Å². The highest BCUT2D eigenvalue weighted by Gasteiger charge is 2.28. The van der Waals surface area contributed by atoms with Gasteiger partial charge in [-0.15, -0.1) is 0 Å². The predicted molar refractivity (Wildman–Crippen MR) is 130 cm³/mol. The van der Waals surface area contributed by atoms with E-state index in [0.29, 0.717) is 11.7 Å². The first-order chi connectivity index (χ1) is 16.6. The average molecular weight is 460 g/mol. The molecule has 5 rings (SSSR count). The lowest BCUT2D eigenvalue weighted by Gasteiger charge is -2.38. The molecule has 0 unspecified atom stereocenters. The number of non-ortho nitro benzene ring substituents is 1. The highest BCUT2D eigenvalue weighted by molar-refractivity contribution is 5.81. The number of aromatic nitrogens is 2. The number of nitro benzene ring substituents is 1. The van der Waals surface area contributed by atoms with Crippen molar-refractivity contribution in [2.24, 2.45) is 0 Å². The van der Waals surface area contributed by atoms with Gasteiger partial charge in [0.05, 0.1) is 22.7 Å². The molecule has 176 valence electrons. The molecule has 1 aromatic heterocycles. The number of carbonyl (C=O) groups excluding carboxylic acids is 1. The Morgan fingerprint density at radius 3 is 2.29 bits per heavy atom. The van der Waals surface area contributed by atoms with Crippen molar-refractivity contribution in [2.45, 2.75) is 38.1 Å². The van der Waals surface area contributed by atoms with E-state index < -0.39 is 4.92 Å². The molecule has 34 heavy (non-hydrogen) atoms. The van der Waals surface area contributed by atoms with E-state index in [1.54, 1.807) is 16.8 Å². The van der Waals surface area contributed by atoms with Gasteiger partial charge in [-0.3, -0.25) is 19.8 Å². The summed E-state index contributed by atoms with van der Waals surface area (Å²) in [6, 6.07) is 16.8. The summed E-state index contributed by atoms with van der Waals surface area (Å²) in [4.78, 5) is 28.4. The zero-order valence-electron chi connectivity index (χ0n) is 19.2. The molecule has 2 aromatic carbocycles. The zero-order valence-corrected chi connectivity index (χ0v) is 19.2. The summed E-state index contributed by atoms with van der Waals surface area (Å²) in [6.45, 7) is 3.40. The number of hydrogen-bond donors (Lipinski definition) is 0. The topological polar surface area (TPSA) is 84.5 Å². The van der Waals surface area contributed by atoms with Crippen molar-refractivity contribution in [1.82, 2.24) is 19.6 Å². The van der Waals surface area contributed by atoms with Gasteiger partial charge in [-0.1, -0.05) is 31.0 Å². The van der Waals surface area contributed by atoms with Crippen LogP contribution in [0.15, 0.2) is 60.8 Å². The van der Waals surface area contributed by atoms with Crippen molar-refractivity contribution in [1.29, 1.82) is 0 Å². The summed E-state index contributed by atoms with van der Waals surface area (Å²) >= 11 is 0. The van der Waals surface area contributed by atoms with Gasteiger partial charge >= 0.3 is 0 Å². The van der Waals surface area contributed by atoms with Gasteiger partial charge in [0.25, 0.3) is 5.69 Å². The molecular formula is C26H29N5O3. The SMILES string of the molecule is O=C(Cc1cn(-c2ccccc2)nc1-c1ccc([N+](=O)[O-])cc1)N1CCN(C2CCCC2)CC1. The number of nitro groups is 1. The van der Waals surface area contributed by atoms with Gasteiger partial charge in [0.1, 0.15) is 0 Å². The predicted octanol–water partition coefficient (Wildman–Crippen LogP) is 4.08. The van der Waals surface area contributed by atoms with E-state index in [1.165, 1.54) is 37.8 Å². The molecule has 0 N–H and O–H groups in total. The van der Waals surface area contributed by atoms with Crippen LogP contribution in [0.3, 0.4) is 0 Å². The molecule has 2 heterocycles. The Kier molecular flexibility index (Phi) is 6.40. The molecule has 1 aliphatic heterocycles. The Labute approximate surface area is 198 Å². The number of piperazine rings is 1. The molecule has 0 spiro atoms. The molecule has 1 aliphatic carbocycles. The largest absolute Gasteiger partial charge is 0.340 e. The van der Waals surface area contributed by atoms with Crippen LogP contribution in [0.1, 0.15) is 31.2 Å². The van der Waals surface area contributed by atoms with Gasteiger partial charge in [0, 0.05) is 61.7 Å². The summed E-state index contributed by atoms with van der Waals surface area (Å²) in [5.41, 5.74) is 3.19. The summed E-state index contributed by atoms with van der Waals surface area (Å²) in [6.07, 6.45) is 7.36. The second-order valence-electron chi connectivity index (χ2n) is 9.12. The molecule has 2 fully saturated rings. The lowest BCUT2D eigenvalue weighted by atomic mass is 10.0. The third kappa shape index (κ3) is 4.72. The van der Waals surface area contributed by atoms with Crippen LogP contribution >= 0.6 is 0 Å². The number of hydrogen-bond acceptors (Lipinski definition) is 5. The minimum atomic E-state index is -0.415. The van der Waals surface area contributed by atoms with Crippen molar-refractivity contribution in [2.75, 3.05) is 26.2 Å². The van der Waals surface area contributed by atoms with E-state index in [2.05, 4.69) is 4.90 Å². The van der Waals surface area contributed by atoms with Crippen molar-refractivity contribution >= 4 is 11.6 Å². The van der Waals surface area contributed by atoms with Gasteiger partial charge in [0.2, 0.25) is 5.91 Å². The number of nitrogens with zero attached hydrogens (tertiary/aromatic N) is 5. The van der Waals surface area contributed by atoms with Gasteiger partial charge in [-0.25, -0.2) is 4.68 Å². The Balaban J connectivity index is 1.36. The molecule has 8 nitrogen and oxygen atoms in total. The van der Waals surface area contributed by atoms with Crippen molar-refractivity contribution in [3.05, 3.63) is 76.5 Å². The second-order valence-corrected chi connectivity index (χ2v) is 9.12. The number of benzene rings is 2. The highest BCUT2D eigenvalue weighted by Crippen LogP contribution is 2.28. The summed E-state index contributed by atoms with van der Waals surface area (Å²) in [5.74, 6) is 0.0989. The molecule has 8 heteroatoms. The third-order valence-corrected chi connectivity index (χ3v) is 7.01. The normalized spacial score (nSPS) is 17.2. The molecule has 1 saturated heterocycles. The quantitative estimate of drug-likeness (QED) is 0.410. The number of carbonyl (C=O) groups is 1. The van der Waals surface area contributed by atoms with Crippen LogP contribution in [-0.4, -0.2) is 62.6 Å². The Morgan fingerprint density at radius 1 is 0.971 bits per heavy atom. The van der Waals surface area contributed by atoms with E-state index in [-0.39, 0.29) is 18.0 Å². The van der Waals surface area contributed by atoms with Gasteiger partial charge in [0.15, 0.2) is 0 Å². The van der Waals surface area contributed by atoms with E-state index in [1.807, 2.05) is 41.4 Å². The first kappa shape index (κ1) is 22.3. The molecule has 3 aromatic rings. The van der Waals surface area contributed by atoms with E-state index in [4.69, 9.17) is 5.10 Å². The van der Waals surface area contributed by atoms with E-state index in [9.17, 15) is 14.9 Å². The Bertz CT molecular complexity index is 1140. The zero-order chi connectivity index (χ0) is 23.5. The number of rotatable bonds is 6. The van der Waals surface area contributed by atoms with Crippen LogP contribution in [-0.2, 0) is 11.2 Å². The van der Waals surface area contributed by atoms with Crippen LogP contribution in [0.4, 0.5) is 5.69 Å². The molecule has 0 bridgehead atoms. The molecule has 0 radical (unpaired) electrons. The molecule has 1 saturated carbocycles. The fourth-order valence-corrected chi connectivity index (χ4v) is 5.12. The first-order valence-electron chi connectivity index (χ1n) is 12.0. The lowest BCUT2D eigenvalue weighted by molar-refractivity contribution is -0.384. The van der Waals surface area contributed by atoms with E-state index >= 15 is 0 Å². The maximum Gasteiger partial charge on any atom is 0.269 e. The average Bonchev–Trinajstić information content (AvgIpc) is 3.56. The van der Waals surface area contributed by atoms with Gasteiger partial charge < -0.3 is 4.90 Å². The smallest absolute Gasteiger partial charge is 0.269 e. The summed E-state index contributed by atoms with van der Waals surface area (Å²) < 4.78 is 1.78. The number of amides is 1. The maximum atomic E-state index is 13.2. The lowest BCUT2D eigenvalue weighted by Crippen LogP contribution is -2.51. The number of para-hydroxylation sites is 1. The van der Waals surface area contributed by atoms with Gasteiger partial charge in [-0.05, 0) is 37.1 Å². The second kappa shape index (κ2) is 9.77. The Morgan fingerprint density at radius 2 is 1.65 bits per heavy atom. The summed E-state index contributed by atoms with van der Waals surface area (Å²) in [7, 11) is 0. The minimum Gasteiger partial charge on any atom is -0.340 e. The molecule has 1 amide bonds. The Hall–Kier alpha value is -3.52. The third-order valence-electron chi connectivity index (χ3n) is 7.01. The first-order valence-corrected chi connectivity index (χ1v) is 12.0. The molecule has 2 aliphatic rings. The van der Waals surface area contributed by atoms with Crippen molar-refractivity contribution in [3.8, 4) is 16.9 Å². The standard InChI is InChI=1S/C26H29N5O3/c32-25(29-16-14-28(15-17-29)22-6-4-5-7-22)18-21-19-30(23-8-2-1-3-9-23)27-26(21)20-10-12-24(13-11-20)31(33)34/h1-3,8-13,19,22H,4-7,14-18H2. The van der Waals surface area contributed by atoms with Crippen LogP contribution in [0, 0.1) is 10.1 Å². The summed E-state index contributed by atoms with van der Waals surface area (Å²) in [5, 5.41) is 15.8. The van der Waals surface area contributed by atoms with Crippen molar-refractivity contribution in [3.63, 3.8) is 0 Å². The van der Waals surface area contributed by atoms with Crippen molar-refractivity contribution < 1.29 is 9.72 Å². The van der Waals surface area contributed by atoms with Crippen LogP contribution in [0.2, 0.25) is 0 Å². The monoisotopic (exact) mass is 459 g/mol. The highest BCUT2D eigenvalue weighted by atomic mass is 16.6. The molecular weight excluding hydrogens is 430 g/mol. The fraction of sp³-hybridized carbons (Fsp3) is 0.385. The van der Waals surface area contributed by atoms with Crippen LogP contribution in [0.25, 0.3) is 16.9 Å². The van der Waals surface area contributed by atoms with Crippen LogP contribution in [0.5, 0.6) is 0 Å². The fourth-order valence-electron chi connectivity index (χ4n) is 5.12. The molecule has 0 atom stereocenters. The minimum absolute atomic E-state index is 0.0315.